The van der Waals surface area contributed by atoms with E-state index in [0.29, 0.717) is 0 Å². The Morgan fingerprint density at radius 1 is 1.21 bits per heavy atom. The van der Waals surface area contributed by atoms with Crippen molar-refractivity contribution in [1.29, 1.82) is 0 Å². The molecule has 1 aromatic rings. The van der Waals surface area contributed by atoms with Crippen LogP contribution in [0, 0.1) is 11.7 Å². The maximum absolute atomic E-state index is 13.2. The van der Waals surface area contributed by atoms with Crippen LogP contribution in [0.4, 0.5) is 4.39 Å². The lowest BCUT2D eigenvalue weighted by Gasteiger charge is -2.19. The first-order valence-electron chi connectivity index (χ1n) is 7.34. The van der Waals surface area contributed by atoms with Gasteiger partial charge in [-0.1, -0.05) is 54.5 Å². The number of rotatable bonds is 4. The first-order valence-corrected chi connectivity index (χ1v) is 8.14. The van der Waals surface area contributed by atoms with Gasteiger partial charge < -0.3 is 5.73 Å². The second-order valence-electron chi connectivity index (χ2n) is 5.79. The van der Waals surface area contributed by atoms with Gasteiger partial charge >= 0.3 is 0 Å². The Balaban J connectivity index is 1.89. The molecule has 0 radical (unpaired) electrons. The predicted octanol–water partition coefficient (Wildman–Crippen LogP) is 4.82. The zero-order chi connectivity index (χ0) is 13.7. The van der Waals surface area contributed by atoms with Crippen LogP contribution in [0.1, 0.15) is 50.5 Å². The summed E-state index contributed by atoms with van der Waals surface area (Å²) in [4.78, 5) is 0. The Morgan fingerprint density at radius 3 is 2.58 bits per heavy atom. The first kappa shape index (κ1) is 15.0. The lowest BCUT2D eigenvalue weighted by atomic mass is 9.90. The lowest BCUT2D eigenvalue weighted by molar-refractivity contribution is 0.386. The zero-order valence-electron chi connectivity index (χ0n) is 11.4. The average Bonchev–Trinajstić information content (AvgIpc) is 2.62. The molecule has 19 heavy (non-hydrogen) atoms. The van der Waals surface area contributed by atoms with E-state index >= 15 is 0 Å². The third kappa shape index (κ3) is 4.88. The number of nitrogens with two attached hydrogens (primary N) is 1. The van der Waals surface area contributed by atoms with Crippen LogP contribution < -0.4 is 5.73 Å². The summed E-state index contributed by atoms with van der Waals surface area (Å²) in [6.45, 7) is 0. The number of halogens is 2. The van der Waals surface area contributed by atoms with E-state index in [0.717, 1.165) is 28.8 Å². The van der Waals surface area contributed by atoms with Gasteiger partial charge in [0.2, 0.25) is 0 Å². The van der Waals surface area contributed by atoms with E-state index in [4.69, 9.17) is 5.73 Å². The highest BCUT2D eigenvalue weighted by Crippen LogP contribution is 2.27. The van der Waals surface area contributed by atoms with Gasteiger partial charge in [-0.3, -0.25) is 0 Å². The summed E-state index contributed by atoms with van der Waals surface area (Å²) in [6, 6.07) is 4.98. The van der Waals surface area contributed by atoms with Crippen molar-refractivity contribution < 1.29 is 4.39 Å². The van der Waals surface area contributed by atoms with Crippen LogP contribution in [0.15, 0.2) is 22.7 Å². The molecule has 1 aromatic carbocycles. The Kier molecular flexibility index (Phi) is 5.83. The third-order valence-corrected chi connectivity index (χ3v) is 4.87. The van der Waals surface area contributed by atoms with Crippen LogP contribution in [0.3, 0.4) is 0 Å². The fraction of sp³-hybridized carbons (Fsp3) is 0.625. The van der Waals surface area contributed by atoms with Crippen LogP contribution in [0.25, 0.3) is 0 Å². The van der Waals surface area contributed by atoms with Gasteiger partial charge in [0, 0.05) is 10.5 Å². The fourth-order valence-electron chi connectivity index (χ4n) is 3.09. The Labute approximate surface area is 123 Å². The summed E-state index contributed by atoms with van der Waals surface area (Å²) in [5.41, 5.74) is 7.25. The molecule has 1 fully saturated rings. The van der Waals surface area contributed by atoms with Crippen LogP contribution >= 0.6 is 15.9 Å². The van der Waals surface area contributed by atoms with Crippen LogP contribution in [0.5, 0.6) is 0 Å². The molecule has 1 nitrogen and oxygen atoms in total. The Morgan fingerprint density at radius 2 is 1.89 bits per heavy atom. The molecule has 3 heteroatoms. The highest BCUT2D eigenvalue weighted by Gasteiger charge is 2.17. The molecule has 0 bridgehead atoms. The summed E-state index contributed by atoms with van der Waals surface area (Å²) in [7, 11) is 0. The van der Waals surface area contributed by atoms with Gasteiger partial charge in [0.25, 0.3) is 0 Å². The summed E-state index contributed by atoms with van der Waals surface area (Å²) >= 11 is 3.47. The van der Waals surface area contributed by atoms with Crippen molar-refractivity contribution in [3.8, 4) is 0 Å². The van der Waals surface area contributed by atoms with Gasteiger partial charge in [-0.2, -0.15) is 0 Å². The van der Waals surface area contributed by atoms with Crippen LogP contribution in [-0.4, -0.2) is 6.04 Å². The molecule has 2 N–H and O–H groups in total. The van der Waals surface area contributed by atoms with Crippen molar-refractivity contribution in [2.75, 3.05) is 0 Å². The Hall–Kier alpha value is -0.410. The van der Waals surface area contributed by atoms with Crippen LogP contribution in [0.2, 0.25) is 0 Å². The standard InChI is InChI=1S/C16H23BrFN/c17-16-8-7-14(18)10-13(16)11-15(19)9-12-5-3-1-2-4-6-12/h7-8,10,12,15H,1-6,9,11,19H2. The minimum atomic E-state index is -0.181. The number of benzene rings is 1. The smallest absolute Gasteiger partial charge is 0.123 e. The summed E-state index contributed by atoms with van der Waals surface area (Å²) in [6.07, 6.45) is 9.91. The fourth-order valence-corrected chi connectivity index (χ4v) is 3.50. The van der Waals surface area contributed by atoms with E-state index < -0.39 is 0 Å². The van der Waals surface area contributed by atoms with Crippen LogP contribution in [-0.2, 0) is 6.42 Å². The largest absolute Gasteiger partial charge is 0.327 e. The van der Waals surface area contributed by atoms with E-state index in [1.807, 2.05) is 0 Å². The van der Waals surface area contributed by atoms with Crippen molar-refractivity contribution in [3.63, 3.8) is 0 Å². The van der Waals surface area contributed by atoms with Gasteiger partial charge in [-0.05, 0) is 42.5 Å². The van der Waals surface area contributed by atoms with Gasteiger partial charge in [0.1, 0.15) is 5.82 Å². The number of hydrogen-bond donors (Lipinski definition) is 1. The zero-order valence-corrected chi connectivity index (χ0v) is 13.0. The van der Waals surface area contributed by atoms with E-state index in [1.54, 1.807) is 12.1 Å². The second kappa shape index (κ2) is 7.39. The SMILES string of the molecule is NC(Cc1cc(F)ccc1Br)CC1CCCCCC1. The molecular formula is C16H23BrFN. The molecule has 0 saturated heterocycles. The monoisotopic (exact) mass is 327 g/mol. The van der Waals surface area contributed by atoms with Gasteiger partial charge in [-0.15, -0.1) is 0 Å². The molecule has 1 aliphatic carbocycles. The molecule has 1 saturated carbocycles. The maximum Gasteiger partial charge on any atom is 0.123 e. The minimum Gasteiger partial charge on any atom is -0.327 e. The average molecular weight is 328 g/mol. The van der Waals surface area contributed by atoms with Crippen molar-refractivity contribution in [2.45, 2.75) is 57.4 Å². The lowest BCUT2D eigenvalue weighted by Crippen LogP contribution is -2.26. The van der Waals surface area contributed by atoms with E-state index in [-0.39, 0.29) is 11.9 Å². The van der Waals surface area contributed by atoms with Crippen molar-refractivity contribution in [3.05, 3.63) is 34.1 Å². The van der Waals surface area contributed by atoms with Crippen molar-refractivity contribution in [1.82, 2.24) is 0 Å². The highest BCUT2D eigenvalue weighted by atomic mass is 79.9. The summed E-state index contributed by atoms with van der Waals surface area (Å²) < 4.78 is 14.2. The van der Waals surface area contributed by atoms with Crippen molar-refractivity contribution in [2.24, 2.45) is 11.7 Å². The molecule has 1 aliphatic rings. The van der Waals surface area contributed by atoms with E-state index in [1.165, 1.54) is 44.6 Å². The topological polar surface area (TPSA) is 26.0 Å². The van der Waals surface area contributed by atoms with E-state index in [2.05, 4.69) is 15.9 Å². The van der Waals surface area contributed by atoms with Gasteiger partial charge in [0.15, 0.2) is 0 Å². The molecule has 1 atom stereocenters. The minimum absolute atomic E-state index is 0.140. The second-order valence-corrected chi connectivity index (χ2v) is 6.65. The summed E-state index contributed by atoms with van der Waals surface area (Å²) in [5, 5.41) is 0. The molecule has 1 unspecified atom stereocenters. The van der Waals surface area contributed by atoms with Crippen molar-refractivity contribution >= 4 is 15.9 Å². The maximum atomic E-state index is 13.2. The van der Waals surface area contributed by atoms with Gasteiger partial charge in [0.05, 0.1) is 0 Å². The molecule has 0 spiro atoms. The molecule has 0 amide bonds. The molecular weight excluding hydrogens is 305 g/mol. The molecule has 0 aromatic heterocycles. The predicted molar refractivity (Wildman–Crippen MR) is 81.6 cm³/mol. The third-order valence-electron chi connectivity index (χ3n) is 4.10. The molecule has 0 heterocycles. The quantitative estimate of drug-likeness (QED) is 0.788. The highest BCUT2D eigenvalue weighted by molar-refractivity contribution is 9.10. The summed E-state index contributed by atoms with van der Waals surface area (Å²) in [5.74, 6) is 0.588. The molecule has 2 rings (SSSR count). The molecule has 106 valence electrons. The van der Waals surface area contributed by atoms with Gasteiger partial charge in [-0.25, -0.2) is 4.39 Å². The normalized spacial score (nSPS) is 19.1. The first-order chi connectivity index (χ1) is 9.15. The number of hydrogen-bond acceptors (Lipinski definition) is 1. The van der Waals surface area contributed by atoms with E-state index in [9.17, 15) is 4.39 Å². The molecule has 0 aliphatic heterocycles. The Bertz CT molecular complexity index is 400.